The van der Waals surface area contributed by atoms with Crippen LogP contribution in [0.3, 0.4) is 0 Å². The third-order valence-corrected chi connectivity index (χ3v) is 2.56. The van der Waals surface area contributed by atoms with Crippen LogP contribution in [0.2, 0.25) is 0 Å². The minimum atomic E-state index is 0.838. The number of nitrogens with one attached hydrogen (secondary N) is 2. The summed E-state index contributed by atoms with van der Waals surface area (Å²) in [5.74, 6) is 0.880. The quantitative estimate of drug-likeness (QED) is 0.644. The maximum atomic E-state index is 4.35. The monoisotopic (exact) mass is 302 g/mol. The first-order valence-electron chi connectivity index (χ1n) is 4.40. The molecule has 74 valence electrons. The summed E-state index contributed by atoms with van der Waals surface area (Å²) in [5, 5.41) is 5.23. The maximum Gasteiger partial charge on any atom is 0.213 e. The molecule has 0 amide bonds. The lowest BCUT2D eigenvalue weighted by molar-refractivity contribution is 0.452. The smallest absolute Gasteiger partial charge is 0.213 e. The van der Waals surface area contributed by atoms with Gasteiger partial charge < -0.3 is 5.32 Å². The number of anilines is 1. The topological polar surface area (TPSA) is 39.7 Å². The van der Waals surface area contributed by atoms with E-state index in [1.807, 2.05) is 35.3 Å². The Bertz CT molecular complexity index is 325. The van der Waals surface area contributed by atoms with E-state index in [4.69, 9.17) is 0 Å². The Balaban J connectivity index is 2.04. The third kappa shape index (κ3) is 2.16. The molecule has 0 saturated carbocycles. The highest BCUT2D eigenvalue weighted by molar-refractivity contribution is 14.1. The van der Waals surface area contributed by atoms with Crippen molar-refractivity contribution in [2.75, 3.05) is 18.4 Å². The normalized spacial score (nSPS) is 15.5. The van der Waals surface area contributed by atoms with Crippen molar-refractivity contribution in [2.45, 2.75) is 0 Å². The van der Waals surface area contributed by atoms with E-state index in [1.165, 1.54) is 0 Å². The molecule has 4 nitrogen and oxygen atoms in total. The van der Waals surface area contributed by atoms with Crippen LogP contribution in [0.1, 0.15) is 0 Å². The molecule has 1 aromatic carbocycles. The van der Waals surface area contributed by atoms with Crippen LogP contribution in [-0.4, -0.2) is 24.1 Å². The summed E-state index contributed by atoms with van der Waals surface area (Å²) >= 11 is 2.10. The van der Waals surface area contributed by atoms with Crippen LogP contribution in [-0.2, 0) is 0 Å². The molecule has 5 heteroatoms. The van der Waals surface area contributed by atoms with Crippen molar-refractivity contribution in [1.29, 1.82) is 0 Å². The average Bonchev–Trinajstić information content (AvgIpc) is 2.67. The number of benzene rings is 1. The van der Waals surface area contributed by atoms with Gasteiger partial charge in [-0.1, -0.05) is 18.2 Å². The van der Waals surface area contributed by atoms with Gasteiger partial charge in [0.05, 0.1) is 13.1 Å². The number of para-hydroxylation sites is 1. The minimum Gasteiger partial charge on any atom is -0.325 e. The summed E-state index contributed by atoms with van der Waals surface area (Å²) in [5.41, 5.74) is 1.06. The molecule has 2 rings (SSSR count). The molecule has 0 fully saturated rings. The van der Waals surface area contributed by atoms with Gasteiger partial charge in [-0.25, -0.2) is 4.99 Å². The summed E-state index contributed by atoms with van der Waals surface area (Å²) in [6.07, 6.45) is 0. The van der Waals surface area contributed by atoms with Gasteiger partial charge in [-0.05, 0) is 12.1 Å². The fourth-order valence-electron chi connectivity index (χ4n) is 1.29. The molecule has 0 aliphatic carbocycles. The van der Waals surface area contributed by atoms with Gasteiger partial charge in [-0.3, -0.25) is 5.01 Å². The van der Waals surface area contributed by atoms with Gasteiger partial charge in [0.15, 0.2) is 0 Å². The van der Waals surface area contributed by atoms with E-state index in [2.05, 4.69) is 36.8 Å². The molecule has 0 radical (unpaired) electrons. The lowest BCUT2D eigenvalue weighted by Gasteiger charge is -2.17. The van der Waals surface area contributed by atoms with Crippen LogP contribution in [0.25, 0.3) is 0 Å². The van der Waals surface area contributed by atoms with E-state index >= 15 is 0 Å². The zero-order chi connectivity index (χ0) is 9.80. The number of guanidine groups is 1. The van der Waals surface area contributed by atoms with Gasteiger partial charge in [0.25, 0.3) is 0 Å². The Morgan fingerprint density at radius 3 is 2.79 bits per heavy atom. The highest BCUT2D eigenvalue weighted by Crippen LogP contribution is 2.08. The predicted octanol–water partition coefficient (Wildman–Crippen LogP) is 1.62. The first kappa shape index (κ1) is 9.72. The van der Waals surface area contributed by atoms with Crippen molar-refractivity contribution in [1.82, 2.24) is 8.65 Å². The lowest BCUT2D eigenvalue weighted by Crippen LogP contribution is -2.38. The SMILES string of the molecule is INN1CCN=C1Nc1ccccc1. The molecule has 0 saturated heterocycles. The molecule has 0 spiro atoms. The number of halogens is 1. The van der Waals surface area contributed by atoms with Crippen molar-refractivity contribution in [3.8, 4) is 0 Å². The minimum absolute atomic E-state index is 0.838. The lowest BCUT2D eigenvalue weighted by atomic mass is 10.3. The third-order valence-electron chi connectivity index (χ3n) is 1.97. The van der Waals surface area contributed by atoms with E-state index in [1.54, 1.807) is 0 Å². The Labute approximate surface area is 96.9 Å². The molecule has 0 unspecified atom stereocenters. The average molecular weight is 302 g/mol. The second-order valence-corrected chi connectivity index (χ2v) is 3.41. The van der Waals surface area contributed by atoms with Crippen molar-refractivity contribution < 1.29 is 0 Å². The molecule has 14 heavy (non-hydrogen) atoms. The number of rotatable bonds is 2. The van der Waals surface area contributed by atoms with Crippen LogP contribution >= 0.6 is 22.9 Å². The van der Waals surface area contributed by atoms with Crippen LogP contribution in [0, 0.1) is 0 Å². The van der Waals surface area contributed by atoms with Gasteiger partial charge in [0.1, 0.15) is 0 Å². The molecule has 1 aliphatic rings. The van der Waals surface area contributed by atoms with Crippen molar-refractivity contribution in [3.63, 3.8) is 0 Å². The molecule has 0 aromatic heterocycles. The van der Waals surface area contributed by atoms with Crippen molar-refractivity contribution >= 4 is 34.5 Å². The summed E-state index contributed by atoms with van der Waals surface area (Å²) < 4.78 is 3.04. The second-order valence-electron chi connectivity index (χ2n) is 2.93. The number of aliphatic imine (C=N–C) groups is 1. The summed E-state index contributed by atoms with van der Waals surface area (Å²) in [6.45, 7) is 1.75. The number of hydrogen-bond acceptors (Lipinski definition) is 4. The van der Waals surface area contributed by atoms with E-state index in [0.29, 0.717) is 0 Å². The Kier molecular flexibility index (Phi) is 3.20. The number of nitrogens with zero attached hydrogens (tertiary/aromatic N) is 2. The van der Waals surface area contributed by atoms with E-state index < -0.39 is 0 Å². The standard InChI is InChI=1S/C9H11IN4/c10-13-14-7-6-11-9(14)12-8-4-2-1-3-5-8/h1-5,13H,6-7H2,(H,11,12). The Hall–Kier alpha value is -0.820. The largest absolute Gasteiger partial charge is 0.325 e. The van der Waals surface area contributed by atoms with Gasteiger partial charge in [-0.15, -0.1) is 0 Å². The summed E-state index contributed by atoms with van der Waals surface area (Å²) in [6, 6.07) is 10.0. The van der Waals surface area contributed by atoms with Crippen LogP contribution in [0.5, 0.6) is 0 Å². The first-order valence-corrected chi connectivity index (χ1v) is 5.48. The Morgan fingerprint density at radius 1 is 1.29 bits per heavy atom. The highest BCUT2D eigenvalue weighted by atomic mass is 127. The number of hydrogen-bond donors (Lipinski definition) is 2. The fraction of sp³-hybridized carbons (Fsp3) is 0.222. The molecular formula is C9H11IN4. The molecular weight excluding hydrogens is 291 g/mol. The van der Waals surface area contributed by atoms with Gasteiger partial charge in [0.2, 0.25) is 5.96 Å². The molecule has 1 aromatic rings. The zero-order valence-corrected chi connectivity index (χ0v) is 9.73. The molecule has 1 aliphatic heterocycles. The summed E-state index contributed by atoms with van der Waals surface area (Å²) in [7, 11) is 0. The van der Waals surface area contributed by atoms with Gasteiger partial charge >= 0.3 is 0 Å². The van der Waals surface area contributed by atoms with Crippen LogP contribution in [0.15, 0.2) is 35.3 Å². The van der Waals surface area contributed by atoms with Gasteiger partial charge in [-0.2, -0.15) is 3.64 Å². The fourth-order valence-corrected chi connectivity index (χ4v) is 1.76. The van der Waals surface area contributed by atoms with Gasteiger partial charge in [0, 0.05) is 28.6 Å². The van der Waals surface area contributed by atoms with Crippen molar-refractivity contribution in [3.05, 3.63) is 30.3 Å². The van der Waals surface area contributed by atoms with E-state index in [-0.39, 0.29) is 0 Å². The molecule has 1 heterocycles. The molecule has 2 N–H and O–H groups in total. The van der Waals surface area contributed by atoms with Crippen molar-refractivity contribution in [2.24, 2.45) is 4.99 Å². The van der Waals surface area contributed by atoms with E-state index in [9.17, 15) is 0 Å². The zero-order valence-electron chi connectivity index (χ0n) is 7.57. The second kappa shape index (κ2) is 4.61. The van der Waals surface area contributed by atoms with Crippen LogP contribution in [0.4, 0.5) is 5.69 Å². The molecule has 0 atom stereocenters. The maximum absolute atomic E-state index is 4.35. The Morgan fingerprint density at radius 2 is 2.07 bits per heavy atom. The molecule has 0 bridgehead atoms. The number of hydrazine groups is 1. The van der Waals surface area contributed by atoms with Crippen LogP contribution < -0.4 is 8.96 Å². The van der Waals surface area contributed by atoms with E-state index in [0.717, 1.165) is 24.7 Å². The predicted molar refractivity (Wildman–Crippen MR) is 66.2 cm³/mol. The first-order chi connectivity index (χ1) is 6.90. The highest BCUT2D eigenvalue weighted by Gasteiger charge is 2.15. The summed E-state index contributed by atoms with van der Waals surface area (Å²) in [4.78, 5) is 4.35.